The van der Waals surface area contributed by atoms with Gasteiger partial charge in [-0.2, -0.15) is 5.10 Å². The summed E-state index contributed by atoms with van der Waals surface area (Å²) in [7, 11) is 2.05. The zero-order valence-corrected chi connectivity index (χ0v) is 17.8. The van der Waals surface area contributed by atoms with Crippen molar-refractivity contribution in [1.29, 1.82) is 0 Å². The minimum atomic E-state index is 0.415. The summed E-state index contributed by atoms with van der Waals surface area (Å²) in [6, 6.07) is 14.1. The van der Waals surface area contributed by atoms with Crippen LogP contribution >= 0.6 is 0 Å². The van der Waals surface area contributed by atoms with Crippen molar-refractivity contribution in [2.75, 3.05) is 18.6 Å². The van der Waals surface area contributed by atoms with Gasteiger partial charge in [0.25, 0.3) is 0 Å². The van der Waals surface area contributed by atoms with Crippen molar-refractivity contribution in [1.82, 2.24) is 24.6 Å². The molecule has 7 nitrogen and oxygen atoms in total. The van der Waals surface area contributed by atoms with E-state index in [1.165, 1.54) is 5.56 Å². The highest BCUT2D eigenvalue weighted by Gasteiger charge is 2.13. The first kappa shape index (κ1) is 19.1. The molecule has 0 N–H and O–H groups in total. The van der Waals surface area contributed by atoms with Crippen LogP contribution in [0.25, 0.3) is 16.9 Å². The molecule has 0 saturated heterocycles. The summed E-state index contributed by atoms with van der Waals surface area (Å²) in [6.07, 6.45) is 9.41. The molecule has 5 rings (SSSR count). The van der Waals surface area contributed by atoms with E-state index in [0.29, 0.717) is 11.7 Å². The van der Waals surface area contributed by atoms with E-state index in [-0.39, 0.29) is 0 Å². The van der Waals surface area contributed by atoms with Crippen LogP contribution in [0.3, 0.4) is 0 Å². The van der Waals surface area contributed by atoms with Crippen molar-refractivity contribution in [3.05, 3.63) is 79.0 Å². The van der Waals surface area contributed by atoms with Crippen molar-refractivity contribution in [3.8, 4) is 17.3 Å². The number of aromatic nitrogens is 4. The van der Waals surface area contributed by atoms with E-state index in [4.69, 9.17) is 4.74 Å². The molecule has 0 atom stereocenters. The van der Waals surface area contributed by atoms with Gasteiger partial charge in [0, 0.05) is 43.5 Å². The van der Waals surface area contributed by atoms with E-state index in [9.17, 15) is 0 Å². The molecule has 1 aliphatic heterocycles. The van der Waals surface area contributed by atoms with Gasteiger partial charge in [0.15, 0.2) is 5.82 Å². The lowest BCUT2D eigenvalue weighted by Crippen LogP contribution is -2.21. The molecular weight excluding hydrogens is 388 g/mol. The smallest absolute Gasteiger partial charge is 0.154 e. The van der Waals surface area contributed by atoms with Gasteiger partial charge in [-0.05, 0) is 35.7 Å². The number of ether oxygens (including phenoxy) is 1. The molecule has 0 fully saturated rings. The highest BCUT2D eigenvalue weighted by Crippen LogP contribution is 2.29. The van der Waals surface area contributed by atoms with E-state index >= 15 is 0 Å². The SMILES string of the molecule is CC(C)c1ccnc(-n2ncc3ncc(Oc4cccc(N5C=CN(C)C5)c4)cc32)c1. The Kier molecular flexibility index (Phi) is 4.78. The van der Waals surface area contributed by atoms with Crippen LogP contribution in [0.1, 0.15) is 25.3 Å². The van der Waals surface area contributed by atoms with Crippen LogP contribution in [-0.2, 0) is 0 Å². The average molecular weight is 412 g/mol. The Bertz CT molecular complexity index is 1260. The molecule has 4 aromatic rings. The fourth-order valence-electron chi connectivity index (χ4n) is 3.59. The van der Waals surface area contributed by atoms with E-state index in [1.54, 1.807) is 12.4 Å². The van der Waals surface area contributed by atoms with Crippen molar-refractivity contribution >= 4 is 16.7 Å². The highest BCUT2D eigenvalue weighted by atomic mass is 16.5. The Hall–Kier alpha value is -3.87. The van der Waals surface area contributed by atoms with Crippen LogP contribution in [-0.4, -0.2) is 38.4 Å². The molecule has 0 unspecified atom stereocenters. The summed E-state index contributed by atoms with van der Waals surface area (Å²) in [5, 5.41) is 4.50. The summed E-state index contributed by atoms with van der Waals surface area (Å²) in [6.45, 7) is 5.15. The van der Waals surface area contributed by atoms with Gasteiger partial charge in [-0.15, -0.1) is 0 Å². The molecule has 0 radical (unpaired) electrons. The van der Waals surface area contributed by atoms with Crippen LogP contribution < -0.4 is 9.64 Å². The molecule has 0 saturated carbocycles. The predicted molar refractivity (Wildman–Crippen MR) is 122 cm³/mol. The summed E-state index contributed by atoms with van der Waals surface area (Å²) in [5.74, 6) is 2.60. The Morgan fingerprint density at radius 3 is 2.68 bits per heavy atom. The molecule has 1 aromatic carbocycles. The molecule has 156 valence electrons. The number of fused-ring (bicyclic) bond motifs is 1. The maximum Gasteiger partial charge on any atom is 0.154 e. The molecule has 31 heavy (non-hydrogen) atoms. The molecule has 0 amide bonds. The lowest BCUT2D eigenvalue weighted by Gasteiger charge is -2.18. The number of benzene rings is 1. The molecule has 3 aromatic heterocycles. The number of nitrogens with zero attached hydrogens (tertiary/aromatic N) is 6. The van der Waals surface area contributed by atoms with Crippen molar-refractivity contribution in [2.45, 2.75) is 19.8 Å². The summed E-state index contributed by atoms with van der Waals surface area (Å²) in [5.41, 5.74) is 3.94. The topological polar surface area (TPSA) is 59.3 Å². The van der Waals surface area contributed by atoms with Gasteiger partial charge >= 0.3 is 0 Å². The summed E-state index contributed by atoms with van der Waals surface area (Å²) in [4.78, 5) is 13.3. The summed E-state index contributed by atoms with van der Waals surface area (Å²) < 4.78 is 7.96. The van der Waals surface area contributed by atoms with Gasteiger partial charge in [0.1, 0.15) is 17.0 Å². The fourth-order valence-corrected chi connectivity index (χ4v) is 3.59. The predicted octanol–water partition coefficient (Wildman–Crippen LogP) is 4.91. The first-order valence-electron chi connectivity index (χ1n) is 10.3. The second-order valence-electron chi connectivity index (χ2n) is 8.00. The summed E-state index contributed by atoms with van der Waals surface area (Å²) >= 11 is 0. The van der Waals surface area contributed by atoms with Crippen molar-refractivity contribution in [3.63, 3.8) is 0 Å². The zero-order chi connectivity index (χ0) is 21.4. The third kappa shape index (κ3) is 3.82. The average Bonchev–Trinajstić information content (AvgIpc) is 3.40. The standard InChI is InChI=1S/C24H24N6O/c1-17(2)18-7-8-25-24(11-18)30-23-13-21(14-26-22(23)15-27-30)31-20-6-4-5-19(12-20)29-10-9-28(3)16-29/h4-15,17H,16H2,1-3H3. The first-order valence-corrected chi connectivity index (χ1v) is 10.3. The minimum absolute atomic E-state index is 0.415. The number of hydrogen-bond donors (Lipinski definition) is 0. The Morgan fingerprint density at radius 2 is 1.87 bits per heavy atom. The van der Waals surface area contributed by atoms with Crippen molar-refractivity contribution in [2.24, 2.45) is 0 Å². The van der Waals surface area contributed by atoms with Crippen LogP contribution in [0.4, 0.5) is 5.69 Å². The molecule has 0 aliphatic carbocycles. The van der Waals surface area contributed by atoms with Gasteiger partial charge in [0.2, 0.25) is 0 Å². The van der Waals surface area contributed by atoms with Crippen molar-refractivity contribution < 1.29 is 4.74 Å². The maximum atomic E-state index is 6.15. The number of anilines is 1. The molecular formula is C24H24N6O. The van der Waals surface area contributed by atoms with Crippen LogP contribution in [0.15, 0.2) is 73.5 Å². The van der Waals surface area contributed by atoms with E-state index in [1.807, 2.05) is 48.3 Å². The molecule has 0 spiro atoms. The largest absolute Gasteiger partial charge is 0.456 e. The second kappa shape index (κ2) is 7.75. The Balaban J connectivity index is 1.45. The quantitative estimate of drug-likeness (QED) is 0.464. The first-order chi connectivity index (χ1) is 15.1. The number of rotatable bonds is 5. The van der Waals surface area contributed by atoms with Gasteiger partial charge in [-0.25, -0.2) is 14.6 Å². The van der Waals surface area contributed by atoms with Gasteiger partial charge in [-0.1, -0.05) is 19.9 Å². The third-order valence-electron chi connectivity index (χ3n) is 5.31. The van der Waals surface area contributed by atoms with E-state index in [2.05, 4.69) is 63.2 Å². The van der Waals surface area contributed by atoms with Gasteiger partial charge in [0.05, 0.1) is 24.6 Å². The lowest BCUT2D eigenvalue weighted by molar-refractivity contribution is 0.479. The fraction of sp³-hybridized carbons (Fsp3) is 0.208. The maximum absolute atomic E-state index is 6.15. The molecule has 0 bridgehead atoms. The third-order valence-corrected chi connectivity index (χ3v) is 5.31. The molecule has 1 aliphatic rings. The molecule has 4 heterocycles. The number of pyridine rings is 2. The van der Waals surface area contributed by atoms with Crippen LogP contribution in [0.5, 0.6) is 11.5 Å². The Labute approximate surface area is 181 Å². The van der Waals surface area contributed by atoms with Crippen LogP contribution in [0, 0.1) is 0 Å². The van der Waals surface area contributed by atoms with Crippen LogP contribution in [0.2, 0.25) is 0 Å². The normalized spacial score (nSPS) is 13.5. The number of hydrogen-bond acceptors (Lipinski definition) is 6. The Morgan fingerprint density at radius 1 is 0.968 bits per heavy atom. The molecule has 7 heteroatoms. The highest BCUT2D eigenvalue weighted by molar-refractivity contribution is 5.77. The zero-order valence-electron chi connectivity index (χ0n) is 17.8. The van der Waals surface area contributed by atoms with Gasteiger partial charge < -0.3 is 14.5 Å². The monoisotopic (exact) mass is 412 g/mol. The minimum Gasteiger partial charge on any atom is -0.456 e. The lowest BCUT2D eigenvalue weighted by atomic mass is 10.1. The van der Waals surface area contributed by atoms with Gasteiger partial charge in [-0.3, -0.25) is 0 Å². The van der Waals surface area contributed by atoms with E-state index in [0.717, 1.165) is 35.0 Å². The second-order valence-corrected chi connectivity index (χ2v) is 8.00. The van der Waals surface area contributed by atoms with E-state index < -0.39 is 0 Å².